The molecular weight excluding hydrogens is 256 g/mol. The van der Waals surface area contributed by atoms with Gasteiger partial charge in [-0.25, -0.2) is 4.99 Å². The van der Waals surface area contributed by atoms with E-state index < -0.39 is 12.0 Å². The van der Waals surface area contributed by atoms with Gasteiger partial charge < -0.3 is 16.6 Å². The van der Waals surface area contributed by atoms with Crippen LogP contribution in [0.25, 0.3) is 0 Å². The summed E-state index contributed by atoms with van der Waals surface area (Å²) in [4.78, 5) is 17.7. The Labute approximate surface area is 121 Å². The van der Waals surface area contributed by atoms with Crippen molar-refractivity contribution in [1.29, 1.82) is 0 Å². The zero-order valence-corrected chi connectivity index (χ0v) is 12.6. The first-order valence-corrected chi connectivity index (χ1v) is 7.56. The van der Waals surface area contributed by atoms with Crippen LogP contribution in [0.1, 0.15) is 58.8 Å². The van der Waals surface area contributed by atoms with Gasteiger partial charge in [-0.15, -0.1) is 0 Å². The molecule has 0 spiro atoms. The highest BCUT2D eigenvalue weighted by molar-refractivity contribution is 5.76. The molecule has 0 aliphatic heterocycles. The fourth-order valence-electron chi connectivity index (χ4n) is 3.04. The maximum absolute atomic E-state index is 11.4. The highest BCUT2D eigenvalue weighted by atomic mass is 16.4. The molecule has 2 unspecified atom stereocenters. The van der Waals surface area contributed by atoms with Gasteiger partial charge >= 0.3 is 5.97 Å². The number of carbonyl (C=O) groups is 1. The number of nitrogens with zero attached hydrogens (tertiary/aromatic N) is 2. The number of nitrogens with two attached hydrogens (primary N) is 2. The summed E-state index contributed by atoms with van der Waals surface area (Å²) in [5, 5.41) is 9.38. The van der Waals surface area contributed by atoms with Crippen LogP contribution < -0.4 is 11.5 Å². The molecule has 1 saturated carbocycles. The Hall–Kier alpha value is -1.30. The lowest BCUT2D eigenvalue weighted by molar-refractivity contribution is -0.145. The quantitative estimate of drug-likeness (QED) is 0.389. The van der Waals surface area contributed by atoms with Crippen molar-refractivity contribution < 1.29 is 9.90 Å². The molecule has 0 saturated heterocycles. The minimum absolute atomic E-state index is 0.0214. The van der Waals surface area contributed by atoms with E-state index in [2.05, 4.69) is 4.99 Å². The average Bonchev–Trinajstić information content (AvgIpc) is 2.66. The first-order chi connectivity index (χ1) is 9.47. The van der Waals surface area contributed by atoms with E-state index in [0.29, 0.717) is 6.42 Å². The number of carboxylic acid groups (broad SMARTS) is 1. The van der Waals surface area contributed by atoms with Crippen molar-refractivity contribution in [3.63, 3.8) is 0 Å². The largest absolute Gasteiger partial charge is 0.480 e. The minimum atomic E-state index is -0.821. The van der Waals surface area contributed by atoms with Crippen LogP contribution >= 0.6 is 0 Å². The van der Waals surface area contributed by atoms with Gasteiger partial charge in [-0.2, -0.15) is 0 Å². The summed E-state index contributed by atoms with van der Waals surface area (Å²) in [6.45, 7) is 3.70. The van der Waals surface area contributed by atoms with Crippen LogP contribution in [0.2, 0.25) is 0 Å². The first kappa shape index (κ1) is 16.8. The van der Waals surface area contributed by atoms with Gasteiger partial charge in [0.05, 0.1) is 0 Å². The molecule has 0 aromatic carbocycles. The van der Waals surface area contributed by atoms with Crippen molar-refractivity contribution in [2.45, 2.75) is 77.0 Å². The lowest BCUT2D eigenvalue weighted by Crippen LogP contribution is -2.51. The van der Waals surface area contributed by atoms with Gasteiger partial charge in [-0.1, -0.05) is 32.6 Å². The SMILES string of the molecule is CCC(N=C(N)N)N(C1CCCCCC1)C(C)C(=O)O. The van der Waals surface area contributed by atoms with Crippen LogP contribution in [-0.4, -0.2) is 40.2 Å². The second-order valence-corrected chi connectivity index (χ2v) is 5.55. The summed E-state index contributed by atoms with van der Waals surface area (Å²) in [6.07, 6.45) is 7.23. The molecule has 6 nitrogen and oxygen atoms in total. The van der Waals surface area contributed by atoms with Gasteiger partial charge in [0.1, 0.15) is 12.2 Å². The Morgan fingerprint density at radius 2 is 1.85 bits per heavy atom. The van der Waals surface area contributed by atoms with Gasteiger partial charge in [0, 0.05) is 6.04 Å². The maximum Gasteiger partial charge on any atom is 0.320 e. The van der Waals surface area contributed by atoms with E-state index in [9.17, 15) is 9.90 Å². The van der Waals surface area contributed by atoms with E-state index in [1.807, 2.05) is 11.8 Å². The van der Waals surface area contributed by atoms with Crippen LogP contribution in [0.4, 0.5) is 0 Å². The van der Waals surface area contributed by atoms with Crippen molar-refractivity contribution >= 4 is 11.9 Å². The van der Waals surface area contributed by atoms with Crippen molar-refractivity contribution in [3.05, 3.63) is 0 Å². The molecule has 2 atom stereocenters. The lowest BCUT2D eigenvalue weighted by Gasteiger charge is -2.38. The van der Waals surface area contributed by atoms with Crippen molar-refractivity contribution in [1.82, 2.24) is 4.90 Å². The summed E-state index contributed by atoms with van der Waals surface area (Å²) in [6, 6.07) is -0.331. The number of hydrogen-bond acceptors (Lipinski definition) is 3. The highest BCUT2D eigenvalue weighted by Gasteiger charge is 2.33. The summed E-state index contributed by atoms with van der Waals surface area (Å²) < 4.78 is 0. The third-order valence-electron chi connectivity index (χ3n) is 4.06. The molecule has 0 bridgehead atoms. The minimum Gasteiger partial charge on any atom is -0.480 e. The topological polar surface area (TPSA) is 105 Å². The molecule has 1 aliphatic rings. The Balaban J connectivity index is 2.98. The number of hydrogen-bond donors (Lipinski definition) is 3. The molecular formula is C14H28N4O2. The van der Waals surface area contributed by atoms with Crippen LogP contribution in [0, 0.1) is 0 Å². The molecule has 5 N–H and O–H groups in total. The first-order valence-electron chi connectivity index (χ1n) is 7.56. The standard InChI is InChI=1S/C14H28N4O2/c1-3-12(17-14(15)16)18(10(2)13(19)20)11-8-6-4-5-7-9-11/h10-12H,3-9H2,1-2H3,(H,19,20)(H4,15,16,17). The van der Waals surface area contributed by atoms with Gasteiger partial charge in [-0.3, -0.25) is 9.69 Å². The van der Waals surface area contributed by atoms with E-state index in [1.54, 1.807) is 6.92 Å². The predicted molar refractivity (Wildman–Crippen MR) is 80.3 cm³/mol. The number of rotatable bonds is 6. The van der Waals surface area contributed by atoms with Gasteiger partial charge in [0.25, 0.3) is 0 Å². The summed E-state index contributed by atoms with van der Waals surface area (Å²) in [5.74, 6) is -0.799. The van der Waals surface area contributed by atoms with Crippen molar-refractivity contribution in [3.8, 4) is 0 Å². The summed E-state index contributed by atoms with van der Waals surface area (Å²) >= 11 is 0. The number of aliphatic carboxylic acids is 1. The third-order valence-corrected chi connectivity index (χ3v) is 4.06. The molecule has 0 radical (unpaired) electrons. The van der Waals surface area contributed by atoms with Crippen molar-refractivity contribution in [2.75, 3.05) is 0 Å². The van der Waals surface area contributed by atoms with Gasteiger partial charge in [0.15, 0.2) is 5.96 Å². The zero-order chi connectivity index (χ0) is 15.1. The molecule has 1 aliphatic carbocycles. The van der Waals surface area contributed by atoms with E-state index in [1.165, 1.54) is 12.8 Å². The molecule has 0 aromatic rings. The molecule has 116 valence electrons. The molecule has 20 heavy (non-hydrogen) atoms. The smallest absolute Gasteiger partial charge is 0.320 e. The average molecular weight is 284 g/mol. The Bertz CT molecular complexity index is 334. The van der Waals surface area contributed by atoms with Crippen LogP contribution in [-0.2, 0) is 4.79 Å². The Morgan fingerprint density at radius 1 is 1.30 bits per heavy atom. The van der Waals surface area contributed by atoms with Crippen LogP contribution in [0.5, 0.6) is 0 Å². The fraction of sp³-hybridized carbons (Fsp3) is 0.857. The summed E-state index contributed by atoms with van der Waals surface area (Å²) in [5.41, 5.74) is 11.0. The second kappa shape index (κ2) is 8.09. The molecule has 0 aromatic heterocycles. The zero-order valence-electron chi connectivity index (χ0n) is 12.6. The Kier molecular flexibility index (Phi) is 6.78. The highest BCUT2D eigenvalue weighted by Crippen LogP contribution is 2.26. The van der Waals surface area contributed by atoms with E-state index in [0.717, 1.165) is 25.7 Å². The van der Waals surface area contributed by atoms with Gasteiger partial charge in [-0.05, 0) is 26.2 Å². The second-order valence-electron chi connectivity index (χ2n) is 5.55. The molecule has 6 heteroatoms. The van der Waals surface area contributed by atoms with E-state index in [-0.39, 0.29) is 18.2 Å². The van der Waals surface area contributed by atoms with E-state index in [4.69, 9.17) is 11.5 Å². The molecule has 0 amide bonds. The monoisotopic (exact) mass is 284 g/mol. The normalized spacial score (nSPS) is 20.1. The lowest BCUT2D eigenvalue weighted by atomic mass is 10.0. The van der Waals surface area contributed by atoms with Crippen molar-refractivity contribution in [2.24, 2.45) is 16.5 Å². The van der Waals surface area contributed by atoms with Gasteiger partial charge in [0.2, 0.25) is 0 Å². The fourth-order valence-corrected chi connectivity index (χ4v) is 3.04. The third kappa shape index (κ3) is 4.67. The predicted octanol–water partition coefficient (Wildman–Crippen LogP) is 1.49. The number of carboxylic acids is 1. The molecule has 1 fully saturated rings. The van der Waals surface area contributed by atoms with Crippen LogP contribution in [0.3, 0.4) is 0 Å². The molecule has 0 heterocycles. The molecule has 1 rings (SSSR count). The Morgan fingerprint density at radius 3 is 2.25 bits per heavy atom. The maximum atomic E-state index is 11.4. The number of aliphatic imine (C=N–C) groups is 1. The van der Waals surface area contributed by atoms with Crippen LogP contribution in [0.15, 0.2) is 4.99 Å². The van der Waals surface area contributed by atoms with E-state index >= 15 is 0 Å². The number of guanidine groups is 1. The summed E-state index contributed by atoms with van der Waals surface area (Å²) in [7, 11) is 0.